The highest BCUT2D eigenvalue weighted by atomic mass is 16.5. The molecular formula is C58H50O4. The maximum atomic E-state index is 10.2. The summed E-state index contributed by atoms with van der Waals surface area (Å²) in [5, 5.41) is 20.4. The minimum absolute atomic E-state index is 0.263. The standard InChI is InChI=1S/C58H50O4/c59-45-31-23-41(24-32-45)57(53-19-9-5-15-49(53)50-16-6-10-20-54(50)57)43-27-35-47(36-28-43)61-39-13-3-1-2-4-14-40-62-48-37-29-44(30-38-48)58(42-25-33-46(60)34-26-42)55-21-11-7-17-51(55)52-18-8-12-22-56(52)58/h5-12,15-38,59-60H,1-4,13-14,39-40H2. The van der Waals surface area contributed by atoms with Crippen LogP contribution in [-0.4, -0.2) is 23.4 Å². The summed E-state index contributed by atoms with van der Waals surface area (Å²) in [5.41, 5.74) is 13.6. The molecule has 0 radical (unpaired) electrons. The quantitative estimate of drug-likeness (QED) is 0.101. The van der Waals surface area contributed by atoms with E-state index < -0.39 is 10.8 Å². The minimum atomic E-state index is -0.496. The summed E-state index contributed by atoms with van der Waals surface area (Å²) in [7, 11) is 0. The molecule has 0 aliphatic heterocycles. The second-order valence-corrected chi connectivity index (χ2v) is 16.6. The van der Waals surface area contributed by atoms with Gasteiger partial charge in [-0.05, 0) is 128 Å². The molecule has 0 saturated heterocycles. The summed E-state index contributed by atoms with van der Waals surface area (Å²) in [5.74, 6) is 2.29. The number of hydrogen-bond donors (Lipinski definition) is 2. The monoisotopic (exact) mass is 810 g/mol. The smallest absolute Gasteiger partial charge is 0.119 e. The first-order valence-electron chi connectivity index (χ1n) is 22.0. The van der Waals surface area contributed by atoms with E-state index in [4.69, 9.17) is 9.47 Å². The van der Waals surface area contributed by atoms with E-state index in [1.807, 2.05) is 0 Å². The molecule has 8 aromatic rings. The van der Waals surface area contributed by atoms with E-state index in [1.54, 1.807) is 24.3 Å². The van der Waals surface area contributed by atoms with Gasteiger partial charge in [-0.15, -0.1) is 0 Å². The Morgan fingerprint density at radius 2 is 0.548 bits per heavy atom. The molecule has 0 fully saturated rings. The Labute approximate surface area is 364 Å². The lowest BCUT2D eigenvalue weighted by atomic mass is 9.68. The zero-order valence-corrected chi connectivity index (χ0v) is 34.8. The number of phenols is 2. The van der Waals surface area contributed by atoms with Gasteiger partial charge < -0.3 is 19.7 Å². The van der Waals surface area contributed by atoms with Crippen LogP contribution in [0.3, 0.4) is 0 Å². The van der Waals surface area contributed by atoms with Crippen molar-refractivity contribution in [2.24, 2.45) is 0 Å². The van der Waals surface area contributed by atoms with Crippen LogP contribution in [0, 0.1) is 0 Å². The molecule has 0 bridgehead atoms. The van der Waals surface area contributed by atoms with Gasteiger partial charge in [0.2, 0.25) is 0 Å². The Kier molecular flexibility index (Phi) is 10.6. The first kappa shape index (κ1) is 39.1. The van der Waals surface area contributed by atoms with Gasteiger partial charge in [-0.2, -0.15) is 0 Å². The highest BCUT2D eigenvalue weighted by Gasteiger charge is 2.47. The average Bonchev–Trinajstić information content (AvgIpc) is 3.79. The Morgan fingerprint density at radius 1 is 0.290 bits per heavy atom. The third-order valence-electron chi connectivity index (χ3n) is 13.2. The summed E-state index contributed by atoms with van der Waals surface area (Å²) >= 11 is 0. The molecule has 2 aliphatic rings. The molecule has 2 N–H and O–H groups in total. The van der Waals surface area contributed by atoms with Crippen molar-refractivity contribution in [1.29, 1.82) is 0 Å². The van der Waals surface area contributed by atoms with Crippen LogP contribution in [0.15, 0.2) is 194 Å². The van der Waals surface area contributed by atoms with Gasteiger partial charge in [-0.25, -0.2) is 0 Å². The van der Waals surface area contributed by atoms with Crippen LogP contribution in [0.1, 0.15) is 83.0 Å². The van der Waals surface area contributed by atoms with Gasteiger partial charge in [0.25, 0.3) is 0 Å². The fraction of sp³-hybridized carbons (Fsp3) is 0.172. The summed E-state index contributed by atoms with van der Waals surface area (Å²) in [6.45, 7) is 1.39. The maximum absolute atomic E-state index is 10.2. The van der Waals surface area contributed by atoms with Gasteiger partial charge >= 0.3 is 0 Å². The van der Waals surface area contributed by atoms with Crippen molar-refractivity contribution in [3.05, 3.63) is 239 Å². The number of ether oxygens (including phenoxy) is 2. The van der Waals surface area contributed by atoms with E-state index >= 15 is 0 Å². The molecule has 0 atom stereocenters. The number of aromatic hydroxyl groups is 2. The minimum Gasteiger partial charge on any atom is -0.508 e. The van der Waals surface area contributed by atoms with Gasteiger partial charge in [-0.1, -0.05) is 171 Å². The normalized spacial score (nSPS) is 13.7. The van der Waals surface area contributed by atoms with Gasteiger partial charge in [-0.3, -0.25) is 0 Å². The SMILES string of the molecule is Oc1ccc(C2(c3ccc(OCCCCCCCCOc4ccc(C5(c6ccc(O)cc6)c6ccccc6-c6ccccc65)cc4)cc3)c3ccccc3-c3ccccc32)cc1. The number of hydrogen-bond acceptors (Lipinski definition) is 4. The Hall–Kier alpha value is -7.04. The lowest BCUT2D eigenvalue weighted by Gasteiger charge is -2.34. The van der Waals surface area contributed by atoms with Crippen molar-refractivity contribution in [1.82, 2.24) is 0 Å². The van der Waals surface area contributed by atoms with Gasteiger partial charge in [0.15, 0.2) is 0 Å². The summed E-state index contributed by atoms with van der Waals surface area (Å²) in [4.78, 5) is 0. The molecule has 4 nitrogen and oxygen atoms in total. The lowest BCUT2D eigenvalue weighted by Crippen LogP contribution is -2.28. The zero-order chi connectivity index (χ0) is 41.9. The number of benzene rings is 8. The molecular weight excluding hydrogens is 761 g/mol. The molecule has 4 heteroatoms. The Bertz CT molecular complexity index is 2520. The van der Waals surface area contributed by atoms with Gasteiger partial charge in [0.1, 0.15) is 23.0 Å². The van der Waals surface area contributed by atoms with Crippen LogP contribution in [0.25, 0.3) is 22.3 Å². The van der Waals surface area contributed by atoms with Gasteiger partial charge in [0.05, 0.1) is 24.0 Å². The molecule has 0 aromatic heterocycles. The number of unbranched alkanes of at least 4 members (excludes halogenated alkanes) is 5. The molecule has 0 heterocycles. The highest BCUT2D eigenvalue weighted by molar-refractivity contribution is 5.87. The van der Waals surface area contributed by atoms with E-state index in [9.17, 15) is 10.2 Å². The molecule has 8 aromatic carbocycles. The van der Waals surface area contributed by atoms with Crippen molar-refractivity contribution >= 4 is 0 Å². The van der Waals surface area contributed by atoms with Crippen molar-refractivity contribution in [3.8, 4) is 45.3 Å². The van der Waals surface area contributed by atoms with E-state index in [0.717, 1.165) is 48.3 Å². The maximum Gasteiger partial charge on any atom is 0.119 e. The molecule has 0 unspecified atom stereocenters. The molecule has 0 saturated carbocycles. The van der Waals surface area contributed by atoms with Crippen LogP contribution in [0.2, 0.25) is 0 Å². The Morgan fingerprint density at radius 3 is 0.855 bits per heavy atom. The second-order valence-electron chi connectivity index (χ2n) is 16.6. The van der Waals surface area contributed by atoms with Crippen LogP contribution >= 0.6 is 0 Å². The number of fused-ring (bicyclic) bond motifs is 6. The fourth-order valence-corrected chi connectivity index (χ4v) is 10.4. The topological polar surface area (TPSA) is 58.9 Å². The molecule has 0 amide bonds. The van der Waals surface area contributed by atoms with Crippen molar-refractivity contribution < 1.29 is 19.7 Å². The fourth-order valence-electron chi connectivity index (χ4n) is 10.4. The van der Waals surface area contributed by atoms with Crippen LogP contribution in [0.5, 0.6) is 23.0 Å². The number of phenolic OH excluding ortho intramolecular Hbond substituents is 2. The molecule has 2 aliphatic carbocycles. The zero-order valence-electron chi connectivity index (χ0n) is 34.8. The molecule has 306 valence electrons. The van der Waals surface area contributed by atoms with E-state index in [1.165, 1.54) is 68.5 Å². The average molecular weight is 811 g/mol. The second kappa shape index (κ2) is 16.8. The van der Waals surface area contributed by atoms with E-state index in [0.29, 0.717) is 13.2 Å². The van der Waals surface area contributed by atoms with Crippen LogP contribution < -0.4 is 9.47 Å². The van der Waals surface area contributed by atoms with Gasteiger partial charge in [0, 0.05) is 0 Å². The van der Waals surface area contributed by atoms with E-state index in [-0.39, 0.29) is 11.5 Å². The van der Waals surface area contributed by atoms with Crippen molar-refractivity contribution in [3.63, 3.8) is 0 Å². The first-order chi connectivity index (χ1) is 30.6. The summed E-state index contributed by atoms with van der Waals surface area (Å²) in [6.07, 6.45) is 6.65. The predicted molar refractivity (Wildman–Crippen MR) is 250 cm³/mol. The third kappa shape index (κ3) is 6.71. The molecule has 62 heavy (non-hydrogen) atoms. The van der Waals surface area contributed by atoms with Crippen LogP contribution in [-0.2, 0) is 10.8 Å². The summed E-state index contributed by atoms with van der Waals surface area (Å²) < 4.78 is 12.5. The van der Waals surface area contributed by atoms with Crippen LogP contribution in [0.4, 0.5) is 0 Å². The Balaban J connectivity index is 0.717. The van der Waals surface area contributed by atoms with Crippen molar-refractivity contribution in [2.75, 3.05) is 13.2 Å². The van der Waals surface area contributed by atoms with Crippen molar-refractivity contribution in [2.45, 2.75) is 49.4 Å². The lowest BCUT2D eigenvalue weighted by molar-refractivity contribution is 0.297. The van der Waals surface area contributed by atoms with E-state index in [2.05, 4.69) is 170 Å². The third-order valence-corrected chi connectivity index (χ3v) is 13.2. The predicted octanol–water partition coefficient (Wildman–Crippen LogP) is 13.6. The highest BCUT2D eigenvalue weighted by Crippen LogP contribution is 2.57. The first-order valence-corrected chi connectivity index (χ1v) is 22.0. The molecule has 0 spiro atoms. The molecule has 10 rings (SSSR count). The number of rotatable bonds is 15. The summed E-state index contributed by atoms with van der Waals surface area (Å²) in [6, 6.07) is 67.4. The largest absolute Gasteiger partial charge is 0.508 e.